The Balaban J connectivity index is 1.70. The van der Waals surface area contributed by atoms with E-state index in [1.165, 1.54) is 16.7 Å². The molecule has 0 saturated heterocycles. The van der Waals surface area contributed by atoms with Crippen LogP contribution < -0.4 is 0 Å². The van der Waals surface area contributed by atoms with E-state index >= 15 is 0 Å². The second-order valence-electron chi connectivity index (χ2n) is 8.24. The van der Waals surface area contributed by atoms with Gasteiger partial charge in [-0.25, -0.2) is 0 Å². The summed E-state index contributed by atoms with van der Waals surface area (Å²) in [4.78, 5) is 7.92. The lowest BCUT2D eigenvalue weighted by Gasteiger charge is -2.36. The molecule has 2 nitrogen and oxygen atoms in total. The molecule has 0 N–H and O–H groups in total. The van der Waals surface area contributed by atoms with Crippen LogP contribution in [0.4, 0.5) is 0 Å². The van der Waals surface area contributed by atoms with Crippen LogP contribution in [0.2, 0.25) is 0 Å². The third-order valence-electron chi connectivity index (χ3n) is 6.16. The smallest absolute Gasteiger partial charge is 0.132 e. The molecule has 0 bridgehead atoms. The van der Waals surface area contributed by atoms with E-state index < -0.39 is 5.54 Å². The first kappa shape index (κ1) is 19.3. The lowest BCUT2D eigenvalue weighted by molar-refractivity contribution is 0.241. The molecule has 1 aliphatic rings. The third-order valence-corrected chi connectivity index (χ3v) is 6.16. The summed E-state index contributed by atoms with van der Waals surface area (Å²) in [5.41, 5.74) is 4.54. The van der Waals surface area contributed by atoms with E-state index in [4.69, 9.17) is 4.99 Å². The summed E-state index contributed by atoms with van der Waals surface area (Å²) in [6.45, 7) is 3.07. The fraction of sp³-hybridized carbons (Fsp3) is 0.138. The van der Waals surface area contributed by atoms with Gasteiger partial charge in [-0.3, -0.25) is 4.99 Å². The number of hydrogen-bond donors (Lipinski definition) is 0. The van der Waals surface area contributed by atoms with E-state index in [1.54, 1.807) is 0 Å². The largest absolute Gasteiger partial charge is 0.342 e. The van der Waals surface area contributed by atoms with Gasteiger partial charge < -0.3 is 4.90 Å². The quantitative estimate of drug-likeness (QED) is 0.367. The first-order valence-corrected chi connectivity index (χ1v) is 10.8. The maximum atomic E-state index is 5.44. The molecule has 0 radical (unpaired) electrons. The van der Waals surface area contributed by atoms with Gasteiger partial charge in [0.25, 0.3) is 0 Å². The molecule has 1 aliphatic heterocycles. The van der Waals surface area contributed by atoms with Crippen LogP contribution in [-0.4, -0.2) is 10.7 Å². The van der Waals surface area contributed by atoms with E-state index in [-0.39, 0.29) is 6.04 Å². The molecule has 0 fully saturated rings. The van der Waals surface area contributed by atoms with Crippen LogP contribution in [0, 0.1) is 0 Å². The van der Waals surface area contributed by atoms with E-state index in [9.17, 15) is 0 Å². The molecule has 2 heteroatoms. The van der Waals surface area contributed by atoms with Gasteiger partial charge in [0, 0.05) is 12.1 Å². The molecule has 0 aromatic heterocycles. The van der Waals surface area contributed by atoms with E-state index in [0.717, 1.165) is 17.9 Å². The molecule has 0 aliphatic carbocycles. The minimum atomic E-state index is -0.400. The van der Waals surface area contributed by atoms with Gasteiger partial charge in [-0.05, 0) is 23.6 Å². The number of hydrogen-bond acceptors (Lipinski definition) is 2. The molecular weight excluding hydrogens is 376 g/mol. The van der Waals surface area contributed by atoms with Gasteiger partial charge in [0.2, 0.25) is 0 Å². The zero-order chi connectivity index (χ0) is 21.1. The molecule has 0 spiro atoms. The normalized spacial score (nSPS) is 20.5. The van der Waals surface area contributed by atoms with E-state index in [2.05, 4.69) is 133 Å². The Hall–Kier alpha value is -3.65. The summed E-state index contributed by atoms with van der Waals surface area (Å²) >= 11 is 0. The fourth-order valence-corrected chi connectivity index (χ4v) is 4.67. The van der Waals surface area contributed by atoms with E-state index in [0.29, 0.717) is 0 Å². The molecule has 2 atom stereocenters. The molecule has 4 aromatic rings. The van der Waals surface area contributed by atoms with Crippen LogP contribution in [-0.2, 0) is 12.1 Å². The summed E-state index contributed by atoms with van der Waals surface area (Å²) in [5, 5.41) is 0. The molecule has 152 valence electrons. The fourth-order valence-electron chi connectivity index (χ4n) is 4.67. The average molecular weight is 403 g/mol. The highest BCUT2D eigenvalue weighted by molar-refractivity contribution is 6.00. The van der Waals surface area contributed by atoms with Gasteiger partial charge in [-0.2, -0.15) is 0 Å². The maximum absolute atomic E-state index is 5.44. The van der Waals surface area contributed by atoms with Crippen LogP contribution >= 0.6 is 0 Å². The number of rotatable bonds is 5. The Morgan fingerprint density at radius 3 is 1.81 bits per heavy atom. The zero-order valence-corrected chi connectivity index (χ0v) is 17.7. The highest BCUT2D eigenvalue weighted by Gasteiger charge is 2.47. The second kappa shape index (κ2) is 8.23. The van der Waals surface area contributed by atoms with Crippen molar-refractivity contribution in [2.24, 2.45) is 4.99 Å². The average Bonchev–Trinajstić information content (AvgIpc) is 3.14. The zero-order valence-electron chi connectivity index (χ0n) is 17.7. The highest BCUT2D eigenvalue weighted by atomic mass is 15.3. The summed E-state index contributed by atoms with van der Waals surface area (Å²) in [5.74, 6) is 1.05. The van der Waals surface area contributed by atoms with Crippen molar-refractivity contribution in [1.82, 2.24) is 4.90 Å². The Bertz CT molecular complexity index is 1150. The van der Waals surface area contributed by atoms with Crippen molar-refractivity contribution in [1.29, 1.82) is 0 Å². The van der Waals surface area contributed by atoms with Crippen molar-refractivity contribution >= 4 is 5.84 Å². The summed E-state index contributed by atoms with van der Waals surface area (Å²) < 4.78 is 0. The lowest BCUT2D eigenvalue weighted by atomic mass is 9.81. The number of nitrogens with zero attached hydrogens (tertiary/aromatic N) is 2. The Labute approximate surface area is 184 Å². The topological polar surface area (TPSA) is 15.6 Å². The van der Waals surface area contributed by atoms with Crippen LogP contribution in [0.1, 0.15) is 35.2 Å². The molecule has 31 heavy (non-hydrogen) atoms. The van der Waals surface area contributed by atoms with Crippen LogP contribution in [0.3, 0.4) is 0 Å². The van der Waals surface area contributed by atoms with Gasteiger partial charge >= 0.3 is 0 Å². The predicted molar refractivity (Wildman–Crippen MR) is 128 cm³/mol. The first-order chi connectivity index (χ1) is 15.3. The molecule has 0 saturated carbocycles. The molecule has 1 heterocycles. The Kier molecular flexibility index (Phi) is 5.13. The lowest BCUT2D eigenvalue weighted by Crippen LogP contribution is -2.37. The van der Waals surface area contributed by atoms with Crippen LogP contribution in [0.25, 0.3) is 0 Å². The summed E-state index contributed by atoms with van der Waals surface area (Å²) in [7, 11) is 0. The molecular formula is C29H26N2. The minimum absolute atomic E-state index is 0.0894. The molecule has 4 aromatic carbocycles. The molecule has 5 rings (SSSR count). The van der Waals surface area contributed by atoms with Crippen molar-refractivity contribution in [3.8, 4) is 0 Å². The molecule has 0 amide bonds. The summed E-state index contributed by atoms with van der Waals surface area (Å²) in [6, 6.07) is 42.8. The highest BCUT2D eigenvalue weighted by Crippen LogP contribution is 2.48. The van der Waals surface area contributed by atoms with Gasteiger partial charge in [0.05, 0.1) is 6.04 Å². The standard InChI is InChI=1S/C29H26N2/c1-29(26-20-12-5-13-21-26)27(24-16-8-3-9-17-24)31(22-23-14-6-2-7-15-23)28(30-29)25-18-10-4-11-19-25/h2-21,27H,22H2,1H3/t27-,29-/m1/s1. The second-order valence-corrected chi connectivity index (χ2v) is 8.24. The monoisotopic (exact) mass is 402 g/mol. The summed E-state index contributed by atoms with van der Waals surface area (Å²) in [6.07, 6.45) is 0. The maximum Gasteiger partial charge on any atom is 0.132 e. The Morgan fingerprint density at radius 1 is 0.677 bits per heavy atom. The minimum Gasteiger partial charge on any atom is -0.342 e. The number of amidine groups is 1. The van der Waals surface area contributed by atoms with Gasteiger partial charge in [-0.1, -0.05) is 121 Å². The number of aliphatic imine (C=N–C) groups is 1. The SMILES string of the molecule is C[C@]1(c2ccccc2)N=C(c2ccccc2)N(Cc2ccccc2)[C@@H]1c1ccccc1. The van der Waals surface area contributed by atoms with E-state index in [1.807, 2.05) is 0 Å². The Morgan fingerprint density at radius 2 is 1.19 bits per heavy atom. The van der Waals surface area contributed by atoms with Crippen molar-refractivity contribution in [2.45, 2.75) is 25.0 Å². The van der Waals surface area contributed by atoms with Gasteiger partial charge in [0.15, 0.2) is 0 Å². The van der Waals surface area contributed by atoms with Crippen molar-refractivity contribution < 1.29 is 0 Å². The van der Waals surface area contributed by atoms with Gasteiger partial charge in [-0.15, -0.1) is 0 Å². The van der Waals surface area contributed by atoms with Crippen LogP contribution in [0.15, 0.2) is 126 Å². The number of benzene rings is 4. The van der Waals surface area contributed by atoms with Crippen LogP contribution in [0.5, 0.6) is 0 Å². The van der Waals surface area contributed by atoms with Crippen molar-refractivity contribution in [2.75, 3.05) is 0 Å². The third kappa shape index (κ3) is 3.66. The molecule has 0 unspecified atom stereocenters. The van der Waals surface area contributed by atoms with Crippen molar-refractivity contribution in [3.05, 3.63) is 144 Å². The van der Waals surface area contributed by atoms with Crippen molar-refractivity contribution in [3.63, 3.8) is 0 Å². The van der Waals surface area contributed by atoms with Gasteiger partial charge in [0.1, 0.15) is 11.4 Å². The predicted octanol–water partition coefficient (Wildman–Crippen LogP) is 6.61. The first-order valence-electron chi connectivity index (χ1n) is 10.8.